The Balaban J connectivity index is 1.72. The molecule has 3 heterocycles. The molecular formula is C19H23N3O5. The largest absolute Gasteiger partial charge is 0.463 e. The van der Waals surface area contributed by atoms with Gasteiger partial charge in [-0.3, -0.25) is 4.90 Å². The first-order chi connectivity index (χ1) is 13.2. The number of esters is 1. The van der Waals surface area contributed by atoms with E-state index in [1.54, 1.807) is 19.1 Å². The number of amides is 2. The first-order valence-electron chi connectivity index (χ1n) is 9.25. The molecule has 2 amide bonds. The van der Waals surface area contributed by atoms with Gasteiger partial charge in [-0.15, -0.1) is 0 Å². The minimum absolute atomic E-state index is 0.165. The van der Waals surface area contributed by atoms with E-state index < -0.39 is 12.0 Å². The number of fused-ring (bicyclic) bond motifs is 1. The number of carbonyl (C=O) groups excluding carboxylic acids is 2. The third-order valence-electron chi connectivity index (χ3n) is 4.96. The first kappa shape index (κ1) is 17.7. The van der Waals surface area contributed by atoms with Crippen LogP contribution in [0.3, 0.4) is 0 Å². The summed E-state index contributed by atoms with van der Waals surface area (Å²) in [7, 11) is 0. The predicted octanol–water partition coefficient (Wildman–Crippen LogP) is 1.68. The number of carbonyl (C=O) groups is 2. The Bertz CT molecular complexity index is 786. The molecule has 0 aliphatic carbocycles. The fourth-order valence-electron chi connectivity index (χ4n) is 3.70. The quantitative estimate of drug-likeness (QED) is 0.764. The van der Waals surface area contributed by atoms with Crippen molar-refractivity contribution in [3.63, 3.8) is 0 Å². The van der Waals surface area contributed by atoms with Crippen molar-refractivity contribution in [3.8, 4) is 11.5 Å². The van der Waals surface area contributed by atoms with Crippen LogP contribution >= 0.6 is 0 Å². The first-order valence-corrected chi connectivity index (χ1v) is 9.25. The van der Waals surface area contributed by atoms with Crippen LogP contribution in [0.1, 0.15) is 31.4 Å². The molecular weight excluding hydrogens is 350 g/mol. The van der Waals surface area contributed by atoms with Crippen molar-refractivity contribution in [1.29, 1.82) is 0 Å². The van der Waals surface area contributed by atoms with Crippen LogP contribution in [0.5, 0.6) is 11.5 Å². The number of benzene rings is 1. The van der Waals surface area contributed by atoms with Crippen LogP contribution in [0.25, 0.3) is 0 Å². The van der Waals surface area contributed by atoms with E-state index in [0.717, 1.165) is 31.5 Å². The Labute approximate surface area is 157 Å². The van der Waals surface area contributed by atoms with Crippen molar-refractivity contribution in [1.82, 2.24) is 15.5 Å². The van der Waals surface area contributed by atoms with Crippen molar-refractivity contribution in [3.05, 3.63) is 35.0 Å². The van der Waals surface area contributed by atoms with E-state index in [0.29, 0.717) is 29.3 Å². The van der Waals surface area contributed by atoms with Crippen LogP contribution in [0, 0.1) is 0 Å². The predicted molar refractivity (Wildman–Crippen MR) is 96.3 cm³/mol. The Hall–Kier alpha value is -2.74. The molecule has 0 radical (unpaired) electrons. The summed E-state index contributed by atoms with van der Waals surface area (Å²) in [5.41, 5.74) is 1.78. The van der Waals surface area contributed by atoms with Gasteiger partial charge >= 0.3 is 12.0 Å². The fourth-order valence-corrected chi connectivity index (χ4v) is 3.70. The summed E-state index contributed by atoms with van der Waals surface area (Å²) in [4.78, 5) is 27.3. The molecule has 1 aromatic rings. The highest BCUT2D eigenvalue weighted by atomic mass is 16.7. The number of nitrogens with zero attached hydrogens (tertiary/aromatic N) is 1. The van der Waals surface area contributed by atoms with Gasteiger partial charge in [0.15, 0.2) is 11.5 Å². The Morgan fingerprint density at radius 1 is 1.26 bits per heavy atom. The lowest BCUT2D eigenvalue weighted by atomic mass is 9.94. The molecule has 0 aromatic heterocycles. The van der Waals surface area contributed by atoms with Gasteiger partial charge < -0.3 is 24.8 Å². The Kier molecular flexibility index (Phi) is 4.89. The average Bonchev–Trinajstić information content (AvgIpc) is 3.32. The topological polar surface area (TPSA) is 89.1 Å². The van der Waals surface area contributed by atoms with Gasteiger partial charge in [0.25, 0.3) is 0 Å². The van der Waals surface area contributed by atoms with E-state index in [1.165, 1.54) is 0 Å². The van der Waals surface area contributed by atoms with E-state index >= 15 is 0 Å². The van der Waals surface area contributed by atoms with Crippen LogP contribution in [-0.4, -0.2) is 49.9 Å². The lowest BCUT2D eigenvalue weighted by Gasteiger charge is -2.31. The van der Waals surface area contributed by atoms with Crippen LogP contribution in [0.4, 0.5) is 4.79 Å². The maximum absolute atomic E-state index is 12.8. The molecule has 1 saturated heterocycles. The van der Waals surface area contributed by atoms with Gasteiger partial charge in [0, 0.05) is 12.2 Å². The van der Waals surface area contributed by atoms with Crippen LogP contribution in [0.15, 0.2) is 29.5 Å². The van der Waals surface area contributed by atoms with E-state index in [-0.39, 0.29) is 19.4 Å². The van der Waals surface area contributed by atoms with Gasteiger partial charge in [0.1, 0.15) is 0 Å². The Morgan fingerprint density at radius 2 is 2.04 bits per heavy atom. The number of nitrogens with one attached hydrogen (secondary N) is 2. The summed E-state index contributed by atoms with van der Waals surface area (Å²) in [5.74, 6) is 0.824. The molecule has 1 atom stereocenters. The maximum atomic E-state index is 12.8. The second-order valence-corrected chi connectivity index (χ2v) is 6.74. The van der Waals surface area contributed by atoms with Gasteiger partial charge in [-0.05, 0) is 50.6 Å². The van der Waals surface area contributed by atoms with Crippen LogP contribution < -0.4 is 20.1 Å². The highest BCUT2D eigenvalue weighted by Crippen LogP contribution is 2.37. The van der Waals surface area contributed by atoms with Crippen LogP contribution in [0.2, 0.25) is 0 Å². The summed E-state index contributed by atoms with van der Waals surface area (Å²) in [6.07, 6.45) is 2.25. The number of rotatable bonds is 5. The van der Waals surface area contributed by atoms with Gasteiger partial charge in [-0.25, -0.2) is 9.59 Å². The number of likely N-dealkylation sites (tertiary alicyclic amines) is 1. The van der Waals surface area contributed by atoms with Crippen molar-refractivity contribution in [2.75, 3.05) is 33.0 Å². The number of hydrogen-bond donors (Lipinski definition) is 2. The van der Waals surface area contributed by atoms with Gasteiger partial charge in [0.05, 0.1) is 18.2 Å². The Morgan fingerprint density at radius 3 is 2.81 bits per heavy atom. The van der Waals surface area contributed by atoms with Gasteiger partial charge in [-0.1, -0.05) is 6.07 Å². The van der Waals surface area contributed by atoms with Crippen molar-refractivity contribution in [2.45, 2.75) is 25.8 Å². The number of ether oxygens (including phenoxy) is 3. The molecule has 0 spiro atoms. The van der Waals surface area contributed by atoms with Crippen molar-refractivity contribution in [2.24, 2.45) is 0 Å². The SMILES string of the molecule is CCOC(=O)C1=C(CN2CCCC2)NC(=O)N[C@H]1c1ccc2c(c1)OCO2. The third-order valence-corrected chi connectivity index (χ3v) is 4.96. The number of urea groups is 1. The molecule has 2 N–H and O–H groups in total. The summed E-state index contributed by atoms with van der Waals surface area (Å²) >= 11 is 0. The molecule has 144 valence electrons. The molecule has 8 nitrogen and oxygen atoms in total. The summed E-state index contributed by atoms with van der Waals surface area (Å²) < 4.78 is 16.1. The highest BCUT2D eigenvalue weighted by Gasteiger charge is 2.35. The fraction of sp³-hybridized carbons (Fsp3) is 0.474. The molecule has 3 aliphatic rings. The van der Waals surface area contributed by atoms with E-state index in [2.05, 4.69) is 15.5 Å². The maximum Gasteiger partial charge on any atom is 0.338 e. The van der Waals surface area contributed by atoms with Crippen molar-refractivity contribution >= 4 is 12.0 Å². The zero-order chi connectivity index (χ0) is 18.8. The van der Waals surface area contributed by atoms with E-state index in [1.807, 2.05) is 6.07 Å². The zero-order valence-electron chi connectivity index (χ0n) is 15.2. The molecule has 1 fully saturated rings. The summed E-state index contributed by atoms with van der Waals surface area (Å²) in [6, 6.07) is 4.47. The molecule has 0 unspecified atom stereocenters. The normalized spacial score (nSPS) is 21.8. The third kappa shape index (κ3) is 3.57. The second kappa shape index (κ2) is 7.48. The standard InChI is InChI=1S/C19H23N3O5/c1-2-25-18(23)16-13(10-22-7-3-4-8-22)20-19(24)21-17(16)12-5-6-14-15(9-12)27-11-26-14/h5-6,9,17H,2-4,7-8,10-11H2,1H3,(H2,20,21,24)/t17-/m0/s1. The molecule has 0 saturated carbocycles. The molecule has 1 aromatic carbocycles. The molecule has 3 aliphatic heterocycles. The van der Waals surface area contributed by atoms with E-state index in [9.17, 15) is 9.59 Å². The van der Waals surface area contributed by atoms with Gasteiger partial charge in [-0.2, -0.15) is 0 Å². The van der Waals surface area contributed by atoms with Crippen LogP contribution in [-0.2, 0) is 9.53 Å². The molecule has 4 rings (SSSR count). The molecule has 27 heavy (non-hydrogen) atoms. The average molecular weight is 373 g/mol. The minimum atomic E-state index is -0.607. The molecule has 8 heteroatoms. The molecule has 0 bridgehead atoms. The lowest BCUT2D eigenvalue weighted by Crippen LogP contribution is -2.48. The smallest absolute Gasteiger partial charge is 0.338 e. The van der Waals surface area contributed by atoms with Crippen molar-refractivity contribution < 1.29 is 23.8 Å². The summed E-state index contributed by atoms with van der Waals surface area (Å²) in [5, 5.41) is 5.66. The second-order valence-electron chi connectivity index (χ2n) is 6.74. The summed E-state index contributed by atoms with van der Waals surface area (Å²) in [6.45, 7) is 4.63. The number of hydrogen-bond acceptors (Lipinski definition) is 6. The highest BCUT2D eigenvalue weighted by molar-refractivity contribution is 5.95. The minimum Gasteiger partial charge on any atom is -0.463 e. The van der Waals surface area contributed by atoms with Gasteiger partial charge in [0.2, 0.25) is 6.79 Å². The zero-order valence-corrected chi connectivity index (χ0v) is 15.2. The monoisotopic (exact) mass is 373 g/mol. The lowest BCUT2D eigenvalue weighted by molar-refractivity contribution is -0.139. The van der Waals surface area contributed by atoms with E-state index in [4.69, 9.17) is 14.2 Å².